The van der Waals surface area contributed by atoms with Crippen molar-refractivity contribution in [1.82, 2.24) is 19.8 Å². The maximum absolute atomic E-state index is 16.2. The van der Waals surface area contributed by atoms with Gasteiger partial charge in [0.2, 0.25) is 0 Å². The van der Waals surface area contributed by atoms with Crippen LogP contribution in [0.15, 0.2) is 42.7 Å². The average molecular weight is 629 g/mol. The van der Waals surface area contributed by atoms with Crippen LogP contribution in [0, 0.1) is 23.1 Å². The molecule has 5 aliphatic rings. The zero-order valence-corrected chi connectivity index (χ0v) is 25.5. The minimum absolute atomic E-state index is 0.0234. The molecule has 1 aromatic heterocycles. The van der Waals surface area contributed by atoms with Gasteiger partial charge in [-0.15, -0.1) is 0 Å². The maximum atomic E-state index is 16.2. The number of benzene rings is 2. The molecular formula is C35H35F3N6O2. The topological polar surface area (TPSA) is 85.6 Å². The van der Waals surface area contributed by atoms with Gasteiger partial charge in [0, 0.05) is 43.5 Å². The number of hydrogen-bond donors (Lipinski definition) is 0. The number of alkyl halides is 1. The van der Waals surface area contributed by atoms with E-state index in [4.69, 9.17) is 14.7 Å². The fraction of sp³-hybridized carbons (Fsp3) is 0.486. The van der Waals surface area contributed by atoms with Crippen LogP contribution in [0.3, 0.4) is 0 Å². The lowest BCUT2D eigenvalue weighted by atomic mass is 9.93. The van der Waals surface area contributed by atoms with Gasteiger partial charge in [0.25, 0.3) is 5.91 Å². The zero-order chi connectivity index (χ0) is 31.7. The molecule has 1 amide bonds. The van der Waals surface area contributed by atoms with Crippen LogP contribution < -0.4 is 9.64 Å². The summed E-state index contributed by atoms with van der Waals surface area (Å²) in [6.45, 7) is 5.18. The summed E-state index contributed by atoms with van der Waals surface area (Å²) in [5.41, 5.74) is 3.97. The van der Waals surface area contributed by atoms with Gasteiger partial charge in [-0.3, -0.25) is 9.69 Å². The fourth-order valence-corrected chi connectivity index (χ4v) is 8.60. The van der Waals surface area contributed by atoms with Crippen molar-refractivity contribution < 1.29 is 22.7 Å². The first kappa shape index (κ1) is 29.2. The Bertz CT molecular complexity index is 1810. The number of piperazine rings is 1. The minimum Gasteiger partial charge on any atom is -0.461 e. The van der Waals surface area contributed by atoms with E-state index in [0.717, 1.165) is 37.8 Å². The molecule has 11 heteroatoms. The molecule has 0 bridgehead atoms. The second-order valence-corrected chi connectivity index (χ2v) is 13.6. The first-order valence-electron chi connectivity index (χ1n) is 16.2. The number of carbonyl (C=O) groups excluding carboxylic acids is 1. The Morgan fingerprint density at radius 1 is 1.17 bits per heavy atom. The average Bonchev–Trinajstić information content (AvgIpc) is 3.36. The first-order valence-corrected chi connectivity index (χ1v) is 16.2. The molecule has 3 aliphatic heterocycles. The Kier molecular flexibility index (Phi) is 6.98. The summed E-state index contributed by atoms with van der Waals surface area (Å²) in [6.07, 6.45) is 3.44. The van der Waals surface area contributed by atoms with E-state index in [1.54, 1.807) is 6.07 Å². The second-order valence-electron chi connectivity index (χ2n) is 13.6. The number of nitrogens with zero attached hydrogens (tertiary/aromatic N) is 6. The van der Waals surface area contributed by atoms with E-state index in [2.05, 4.69) is 23.6 Å². The van der Waals surface area contributed by atoms with Crippen molar-refractivity contribution in [3.63, 3.8) is 0 Å². The number of carbonyl (C=O) groups is 1. The largest absolute Gasteiger partial charge is 0.461 e. The zero-order valence-electron chi connectivity index (χ0n) is 25.5. The summed E-state index contributed by atoms with van der Waals surface area (Å²) >= 11 is 0. The smallest absolute Gasteiger partial charge is 0.319 e. The van der Waals surface area contributed by atoms with Gasteiger partial charge < -0.3 is 14.5 Å². The lowest BCUT2D eigenvalue weighted by Gasteiger charge is -2.41. The van der Waals surface area contributed by atoms with Crippen molar-refractivity contribution >= 4 is 22.6 Å². The van der Waals surface area contributed by atoms with E-state index < -0.39 is 29.5 Å². The van der Waals surface area contributed by atoms with Crippen LogP contribution in [-0.2, 0) is 11.2 Å². The fourth-order valence-electron chi connectivity index (χ4n) is 8.60. The van der Waals surface area contributed by atoms with Gasteiger partial charge in [-0.25, -0.2) is 13.2 Å². The van der Waals surface area contributed by atoms with Crippen LogP contribution in [0.4, 0.5) is 19.0 Å². The summed E-state index contributed by atoms with van der Waals surface area (Å²) in [6, 6.07) is 10.9. The monoisotopic (exact) mass is 628 g/mol. The standard InChI is InChI=1S/C35H35F3N6O2/c1-20(36)33(45)44-11-10-42(18-24(44)6-8-39)32-28-14-29(38)27(25-5-2-4-21-12-22-13-26(22)31(21)25)15-30(28)40-34(41-32)46-19-35-7-3-9-43(35)17-23(37)16-35/h2,4-5,14-15,22-24,26H,1,3,6-7,9-13,16-19H2/t22?,23-,24+,26?,35+/m1/s1. The molecule has 2 unspecified atom stereocenters. The van der Waals surface area contributed by atoms with Crippen LogP contribution >= 0.6 is 0 Å². The third-order valence-corrected chi connectivity index (χ3v) is 10.8. The molecule has 3 saturated heterocycles. The molecule has 2 aliphatic carbocycles. The molecule has 4 fully saturated rings. The first-order chi connectivity index (χ1) is 22.2. The summed E-state index contributed by atoms with van der Waals surface area (Å²) in [5, 5.41) is 9.98. The molecule has 1 saturated carbocycles. The van der Waals surface area contributed by atoms with E-state index in [-0.39, 0.29) is 44.5 Å². The highest BCUT2D eigenvalue weighted by atomic mass is 19.1. The molecule has 5 atom stereocenters. The molecule has 0 N–H and O–H groups in total. The third kappa shape index (κ3) is 4.80. The number of anilines is 1. The number of rotatable bonds is 7. The summed E-state index contributed by atoms with van der Waals surface area (Å²) in [5.74, 6) is -0.790. The molecule has 0 spiro atoms. The predicted molar refractivity (Wildman–Crippen MR) is 166 cm³/mol. The highest BCUT2D eigenvalue weighted by molar-refractivity contribution is 5.94. The Morgan fingerprint density at radius 2 is 2.04 bits per heavy atom. The van der Waals surface area contributed by atoms with Gasteiger partial charge in [0.15, 0.2) is 5.83 Å². The summed E-state index contributed by atoms with van der Waals surface area (Å²) < 4.78 is 50.8. The molecule has 0 radical (unpaired) electrons. The quantitative estimate of drug-likeness (QED) is 0.321. The van der Waals surface area contributed by atoms with Gasteiger partial charge in [0.1, 0.15) is 24.4 Å². The van der Waals surface area contributed by atoms with E-state index >= 15 is 4.39 Å². The Morgan fingerprint density at radius 3 is 2.87 bits per heavy atom. The van der Waals surface area contributed by atoms with Gasteiger partial charge in [-0.05, 0) is 72.9 Å². The molecule has 46 heavy (non-hydrogen) atoms. The number of halogens is 3. The second kappa shape index (κ2) is 11.0. The SMILES string of the molecule is C=C(F)C(=O)N1CCN(c2nc(OC[C@@]34CCCN3C[C@H](F)C4)nc3cc(-c4cccc5c4C4CC4C5)c(F)cc23)C[C@@H]1CC#N. The van der Waals surface area contributed by atoms with Crippen molar-refractivity contribution in [2.45, 2.75) is 62.2 Å². The van der Waals surface area contributed by atoms with Crippen molar-refractivity contribution in [3.8, 4) is 23.2 Å². The highest BCUT2D eigenvalue weighted by Crippen LogP contribution is 2.58. The van der Waals surface area contributed by atoms with Crippen LogP contribution in [0.25, 0.3) is 22.0 Å². The van der Waals surface area contributed by atoms with E-state index in [1.165, 1.54) is 22.1 Å². The van der Waals surface area contributed by atoms with E-state index in [0.29, 0.717) is 47.1 Å². The van der Waals surface area contributed by atoms with Gasteiger partial charge >= 0.3 is 6.01 Å². The third-order valence-electron chi connectivity index (χ3n) is 10.8. The van der Waals surface area contributed by atoms with E-state index in [9.17, 15) is 18.8 Å². The maximum Gasteiger partial charge on any atom is 0.319 e. The van der Waals surface area contributed by atoms with Crippen LogP contribution in [-0.4, -0.2) is 82.8 Å². The number of nitriles is 1. The lowest BCUT2D eigenvalue weighted by Crippen LogP contribution is -2.55. The Labute approximate surface area is 265 Å². The van der Waals surface area contributed by atoms with Crippen LogP contribution in [0.2, 0.25) is 0 Å². The lowest BCUT2D eigenvalue weighted by molar-refractivity contribution is -0.131. The number of fused-ring (bicyclic) bond motifs is 5. The number of amides is 1. The van der Waals surface area contributed by atoms with Crippen molar-refractivity contribution in [2.24, 2.45) is 5.92 Å². The summed E-state index contributed by atoms with van der Waals surface area (Å²) in [7, 11) is 0. The molecule has 8 nitrogen and oxygen atoms in total. The van der Waals surface area contributed by atoms with Crippen molar-refractivity contribution in [1.29, 1.82) is 5.26 Å². The number of ether oxygens (including phenoxy) is 1. The highest BCUT2D eigenvalue weighted by Gasteiger charge is 2.50. The number of hydrogen-bond acceptors (Lipinski definition) is 7. The van der Waals surface area contributed by atoms with Crippen LogP contribution in [0.1, 0.15) is 49.1 Å². The normalized spacial score (nSPS) is 28.1. The van der Waals surface area contributed by atoms with E-state index in [1.807, 2.05) is 17.0 Å². The molecule has 3 aromatic rings. The van der Waals surface area contributed by atoms with Crippen LogP contribution in [0.5, 0.6) is 6.01 Å². The molecular weight excluding hydrogens is 593 g/mol. The minimum atomic E-state index is -1.08. The molecule has 4 heterocycles. The Hall–Kier alpha value is -4.17. The summed E-state index contributed by atoms with van der Waals surface area (Å²) in [4.78, 5) is 27.5. The Balaban J connectivity index is 1.19. The van der Waals surface area contributed by atoms with Crippen molar-refractivity contribution in [2.75, 3.05) is 44.2 Å². The molecule has 8 rings (SSSR count). The van der Waals surface area contributed by atoms with Gasteiger partial charge in [-0.2, -0.15) is 15.2 Å². The molecule has 238 valence electrons. The molecule has 2 aromatic carbocycles. The number of aromatic nitrogens is 2. The van der Waals surface area contributed by atoms with Gasteiger partial charge in [0.05, 0.1) is 29.6 Å². The van der Waals surface area contributed by atoms with Crippen molar-refractivity contribution in [3.05, 3.63) is 59.7 Å². The van der Waals surface area contributed by atoms with Gasteiger partial charge in [-0.1, -0.05) is 24.8 Å². The predicted octanol–water partition coefficient (Wildman–Crippen LogP) is 5.46.